The third-order valence-electron chi connectivity index (χ3n) is 3.09. The molecule has 2 aromatic rings. The molecule has 0 heterocycles. The first-order valence-corrected chi connectivity index (χ1v) is 6.06. The van der Waals surface area contributed by atoms with Crippen LogP contribution in [0.4, 0.5) is 5.69 Å². The molecule has 0 bridgehead atoms. The van der Waals surface area contributed by atoms with Crippen LogP contribution in [0, 0.1) is 0 Å². The Balaban J connectivity index is 2.17. The lowest BCUT2D eigenvalue weighted by Crippen LogP contribution is -2.44. The van der Waals surface area contributed by atoms with Crippen LogP contribution in [-0.4, -0.2) is 26.4 Å². The van der Waals surface area contributed by atoms with E-state index in [2.05, 4.69) is 26.2 Å². The number of benzene rings is 2. The standard InChI is InChI=1S/C16H18NO/c1-17(2,15-11-7-4-8-12-15)13-16(18)14-9-5-3-6-10-14/h3-12H,13H2,1-2H3/q+1. The minimum Gasteiger partial charge on any atom is -0.289 e. The summed E-state index contributed by atoms with van der Waals surface area (Å²) < 4.78 is 0.564. The minimum atomic E-state index is 0.171. The summed E-state index contributed by atoms with van der Waals surface area (Å²) >= 11 is 0. The van der Waals surface area contributed by atoms with Crippen molar-refractivity contribution < 1.29 is 4.79 Å². The van der Waals surface area contributed by atoms with E-state index in [1.807, 2.05) is 48.5 Å². The second-order valence-electron chi connectivity index (χ2n) is 4.97. The van der Waals surface area contributed by atoms with Crippen LogP contribution >= 0.6 is 0 Å². The van der Waals surface area contributed by atoms with Crippen LogP contribution in [0.25, 0.3) is 0 Å². The van der Waals surface area contributed by atoms with Gasteiger partial charge < -0.3 is 0 Å². The Morgan fingerprint density at radius 3 is 1.94 bits per heavy atom. The highest BCUT2D eigenvalue weighted by Crippen LogP contribution is 2.18. The first kappa shape index (κ1) is 12.5. The van der Waals surface area contributed by atoms with Crippen molar-refractivity contribution in [2.75, 3.05) is 20.6 Å². The van der Waals surface area contributed by atoms with E-state index in [1.165, 1.54) is 0 Å². The van der Waals surface area contributed by atoms with Gasteiger partial charge in [0.1, 0.15) is 12.2 Å². The fourth-order valence-electron chi connectivity index (χ4n) is 2.00. The van der Waals surface area contributed by atoms with Crippen LogP contribution in [0.3, 0.4) is 0 Å². The van der Waals surface area contributed by atoms with Gasteiger partial charge in [-0.05, 0) is 12.1 Å². The van der Waals surface area contributed by atoms with E-state index in [4.69, 9.17) is 0 Å². The number of hydrogen-bond donors (Lipinski definition) is 0. The highest BCUT2D eigenvalue weighted by Gasteiger charge is 2.23. The van der Waals surface area contributed by atoms with Gasteiger partial charge in [-0.1, -0.05) is 48.5 Å². The zero-order valence-electron chi connectivity index (χ0n) is 10.8. The van der Waals surface area contributed by atoms with Crippen LogP contribution in [-0.2, 0) is 0 Å². The second-order valence-corrected chi connectivity index (χ2v) is 4.97. The SMILES string of the molecule is C[N+](C)(CC(=O)c1ccccc1)c1ccccc1. The molecule has 0 N–H and O–H groups in total. The normalized spacial score (nSPS) is 11.2. The van der Waals surface area contributed by atoms with Crippen molar-refractivity contribution >= 4 is 11.5 Å². The first-order valence-electron chi connectivity index (χ1n) is 6.06. The van der Waals surface area contributed by atoms with Crippen LogP contribution < -0.4 is 4.48 Å². The molecule has 0 aliphatic carbocycles. The lowest BCUT2D eigenvalue weighted by molar-refractivity contribution is 0.0959. The number of Topliss-reactive ketones (excluding diaryl/α,β-unsaturated/α-hetero) is 1. The molecule has 0 saturated heterocycles. The van der Waals surface area contributed by atoms with Gasteiger partial charge in [0.05, 0.1) is 14.1 Å². The molecule has 0 aromatic heterocycles. The fourth-order valence-corrected chi connectivity index (χ4v) is 2.00. The molecule has 0 spiro atoms. The Labute approximate surface area is 108 Å². The zero-order chi connectivity index (χ0) is 13.0. The molecule has 0 aliphatic rings. The molecular formula is C16H18NO+. The van der Waals surface area contributed by atoms with Crippen molar-refractivity contribution in [2.24, 2.45) is 0 Å². The van der Waals surface area contributed by atoms with Gasteiger partial charge in [-0.3, -0.25) is 9.28 Å². The molecular weight excluding hydrogens is 222 g/mol. The van der Waals surface area contributed by atoms with Crippen LogP contribution in [0.1, 0.15) is 10.4 Å². The number of ketones is 1. The summed E-state index contributed by atoms with van der Waals surface area (Å²) in [5.74, 6) is 0.171. The van der Waals surface area contributed by atoms with Crippen molar-refractivity contribution in [1.29, 1.82) is 0 Å². The molecule has 0 saturated carbocycles. The molecule has 0 radical (unpaired) electrons. The largest absolute Gasteiger partial charge is 0.289 e. The molecule has 0 amide bonds. The number of quaternary nitrogens is 1. The molecule has 2 nitrogen and oxygen atoms in total. The van der Waals surface area contributed by atoms with Gasteiger partial charge in [0.25, 0.3) is 0 Å². The number of carbonyl (C=O) groups is 1. The fraction of sp³-hybridized carbons (Fsp3) is 0.188. The molecule has 92 valence electrons. The summed E-state index contributed by atoms with van der Waals surface area (Å²) in [6.45, 7) is 0.466. The van der Waals surface area contributed by atoms with Gasteiger partial charge in [0, 0.05) is 5.56 Å². The summed E-state index contributed by atoms with van der Waals surface area (Å²) in [5.41, 5.74) is 1.92. The smallest absolute Gasteiger partial charge is 0.217 e. The van der Waals surface area contributed by atoms with Crippen molar-refractivity contribution in [1.82, 2.24) is 4.48 Å². The van der Waals surface area contributed by atoms with Crippen molar-refractivity contribution in [3.05, 3.63) is 66.2 Å². The Kier molecular flexibility index (Phi) is 3.58. The van der Waals surface area contributed by atoms with Crippen LogP contribution in [0.15, 0.2) is 60.7 Å². The van der Waals surface area contributed by atoms with Crippen molar-refractivity contribution in [3.63, 3.8) is 0 Å². The number of likely N-dealkylation sites (N-methyl/N-ethyl adjacent to an activating group) is 1. The van der Waals surface area contributed by atoms with E-state index < -0.39 is 0 Å². The number of nitrogens with zero attached hydrogens (tertiary/aromatic N) is 1. The molecule has 2 aromatic carbocycles. The lowest BCUT2D eigenvalue weighted by Gasteiger charge is -2.28. The highest BCUT2D eigenvalue weighted by atomic mass is 16.1. The predicted molar refractivity (Wildman–Crippen MR) is 75.7 cm³/mol. The third-order valence-corrected chi connectivity index (χ3v) is 3.09. The van der Waals surface area contributed by atoms with E-state index in [0.29, 0.717) is 11.0 Å². The van der Waals surface area contributed by atoms with Gasteiger partial charge in [-0.25, -0.2) is 0 Å². The number of hydrogen-bond acceptors (Lipinski definition) is 1. The van der Waals surface area contributed by atoms with Gasteiger partial charge in [0.15, 0.2) is 0 Å². The lowest BCUT2D eigenvalue weighted by atomic mass is 10.1. The second kappa shape index (κ2) is 5.15. The van der Waals surface area contributed by atoms with E-state index in [9.17, 15) is 4.79 Å². The topological polar surface area (TPSA) is 17.1 Å². The molecule has 18 heavy (non-hydrogen) atoms. The van der Waals surface area contributed by atoms with Gasteiger partial charge >= 0.3 is 0 Å². The van der Waals surface area contributed by atoms with Crippen molar-refractivity contribution in [3.8, 4) is 0 Å². The Morgan fingerprint density at radius 1 is 0.889 bits per heavy atom. The summed E-state index contributed by atoms with van der Waals surface area (Å²) in [4.78, 5) is 12.2. The van der Waals surface area contributed by atoms with Crippen LogP contribution in [0.5, 0.6) is 0 Å². The van der Waals surface area contributed by atoms with E-state index >= 15 is 0 Å². The quantitative estimate of drug-likeness (QED) is 0.592. The van der Waals surface area contributed by atoms with E-state index in [1.54, 1.807) is 0 Å². The Morgan fingerprint density at radius 2 is 1.39 bits per heavy atom. The summed E-state index contributed by atoms with van der Waals surface area (Å²) in [5, 5.41) is 0. The van der Waals surface area contributed by atoms with E-state index in [0.717, 1.165) is 11.3 Å². The molecule has 0 unspecified atom stereocenters. The van der Waals surface area contributed by atoms with Gasteiger partial charge in [0.2, 0.25) is 5.78 Å². The monoisotopic (exact) mass is 240 g/mol. The van der Waals surface area contributed by atoms with Crippen LogP contribution in [0.2, 0.25) is 0 Å². The van der Waals surface area contributed by atoms with Gasteiger partial charge in [-0.15, -0.1) is 0 Å². The zero-order valence-corrected chi connectivity index (χ0v) is 10.8. The molecule has 0 atom stereocenters. The average molecular weight is 240 g/mol. The maximum atomic E-state index is 12.2. The minimum absolute atomic E-state index is 0.171. The number of rotatable bonds is 4. The Bertz CT molecular complexity index is 517. The first-order chi connectivity index (χ1) is 8.59. The molecule has 0 aliphatic heterocycles. The average Bonchev–Trinajstić information content (AvgIpc) is 2.40. The predicted octanol–water partition coefficient (Wildman–Crippen LogP) is 3.14. The van der Waals surface area contributed by atoms with Gasteiger partial charge in [-0.2, -0.15) is 0 Å². The molecule has 2 rings (SSSR count). The summed E-state index contributed by atoms with van der Waals surface area (Å²) in [6, 6.07) is 19.6. The van der Waals surface area contributed by atoms with Crippen molar-refractivity contribution in [2.45, 2.75) is 0 Å². The highest BCUT2D eigenvalue weighted by molar-refractivity contribution is 5.98. The number of para-hydroxylation sites is 1. The molecule has 0 fully saturated rings. The molecule has 2 heteroatoms. The summed E-state index contributed by atoms with van der Waals surface area (Å²) in [6.07, 6.45) is 0. The maximum absolute atomic E-state index is 12.2. The Hall–Kier alpha value is -1.93. The number of carbonyl (C=O) groups excluding carboxylic acids is 1. The summed E-state index contributed by atoms with van der Waals surface area (Å²) in [7, 11) is 4.10. The maximum Gasteiger partial charge on any atom is 0.217 e. The van der Waals surface area contributed by atoms with E-state index in [-0.39, 0.29) is 5.78 Å². The third kappa shape index (κ3) is 2.84.